The Morgan fingerprint density at radius 2 is 2.25 bits per heavy atom. The average Bonchev–Trinajstić information content (AvgIpc) is 2.74. The van der Waals surface area contributed by atoms with Crippen molar-refractivity contribution in [3.05, 3.63) is 30.4 Å². The summed E-state index contributed by atoms with van der Waals surface area (Å²) >= 11 is 0. The minimum atomic E-state index is 0.688. The van der Waals surface area contributed by atoms with E-state index in [9.17, 15) is 0 Å². The highest BCUT2D eigenvalue weighted by Gasteiger charge is 2.04. The van der Waals surface area contributed by atoms with Crippen LogP contribution in [-0.4, -0.2) is 26.3 Å². The monoisotopic (exact) mass is 217 g/mol. The molecule has 0 spiro atoms. The summed E-state index contributed by atoms with van der Waals surface area (Å²) in [7, 11) is 1.85. The molecule has 0 fully saturated rings. The van der Waals surface area contributed by atoms with Gasteiger partial charge in [-0.2, -0.15) is 5.10 Å². The Balaban J connectivity index is 2.22. The van der Waals surface area contributed by atoms with Crippen LogP contribution in [0.2, 0.25) is 0 Å². The summed E-state index contributed by atoms with van der Waals surface area (Å²) in [5.41, 5.74) is 7.51. The molecule has 0 aliphatic carbocycles. The van der Waals surface area contributed by atoms with Crippen molar-refractivity contribution in [3.8, 4) is 11.4 Å². The molecule has 0 aliphatic heterocycles. The molecule has 0 bridgehead atoms. The van der Waals surface area contributed by atoms with Crippen LogP contribution in [0.1, 0.15) is 12.1 Å². The molecule has 2 aromatic heterocycles. The summed E-state index contributed by atoms with van der Waals surface area (Å²) in [6.07, 6.45) is 5.33. The van der Waals surface area contributed by atoms with Gasteiger partial charge in [-0.15, -0.1) is 0 Å². The number of hydrogen-bond donors (Lipinski definition) is 1. The maximum atomic E-state index is 5.47. The minimum absolute atomic E-state index is 0.688. The second kappa shape index (κ2) is 4.85. The fraction of sp³-hybridized carbons (Fsp3) is 0.364. The number of rotatable bonds is 4. The molecule has 2 rings (SSSR count). The van der Waals surface area contributed by atoms with E-state index in [2.05, 4.69) is 15.1 Å². The molecule has 0 unspecified atom stereocenters. The van der Waals surface area contributed by atoms with Crippen molar-refractivity contribution in [2.75, 3.05) is 6.54 Å². The van der Waals surface area contributed by atoms with Gasteiger partial charge in [-0.05, 0) is 31.5 Å². The predicted octanol–water partition coefficient (Wildman–Crippen LogP) is 0.768. The molecule has 0 aliphatic rings. The second-order valence-electron chi connectivity index (χ2n) is 3.67. The van der Waals surface area contributed by atoms with E-state index < -0.39 is 0 Å². The summed E-state index contributed by atoms with van der Waals surface area (Å²) in [6.45, 7) is 0.688. The summed E-state index contributed by atoms with van der Waals surface area (Å²) in [6, 6.07) is 3.94. The van der Waals surface area contributed by atoms with E-state index in [0.717, 1.165) is 29.9 Å². The van der Waals surface area contributed by atoms with E-state index in [1.54, 1.807) is 17.2 Å². The number of nitrogens with zero attached hydrogens (tertiary/aromatic N) is 4. The molecule has 0 saturated heterocycles. The lowest BCUT2D eigenvalue weighted by molar-refractivity contribution is 0.768. The van der Waals surface area contributed by atoms with Crippen LogP contribution < -0.4 is 5.73 Å². The third kappa shape index (κ3) is 2.43. The highest BCUT2D eigenvalue weighted by molar-refractivity contribution is 5.53. The van der Waals surface area contributed by atoms with Crippen LogP contribution in [0.5, 0.6) is 0 Å². The van der Waals surface area contributed by atoms with Crippen molar-refractivity contribution in [2.24, 2.45) is 12.8 Å². The topological polar surface area (TPSA) is 69.6 Å². The van der Waals surface area contributed by atoms with E-state index in [0.29, 0.717) is 6.54 Å². The molecule has 5 nitrogen and oxygen atoms in total. The molecule has 0 atom stereocenters. The number of aryl methyl sites for hydroxylation is 2. The molecule has 2 heterocycles. The third-order valence-electron chi connectivity index (χ3n) is 2.31. The van der Waals surface area contributed by atoms with Gasteiger partial charge >= 0.3 is 0 Å². The maximum Gasteiger partial charge on any atom is 0.181 e. The van der Waals surface area contributed by atoms with Crippen LogP contribution in [0.25, 0.3) is 11.4 Å². The zero-order valence-electron chi connectivity index (χ0n) is 9.30. The largest absolute Gasteiger partial charge is 0.330 e. The van der Waals surface area contributed by atoms with E-state index in [1.807, 2.05) is 19.2 Å². The van der Waals surface area contributed by atoms with E-state index >= 15 is 0 Å². The van der Waals surface area contributed by atoms with Gasteiger partial charge in [0.1, 0.15) is 6.33 Å². The first kappa shape index (κ1) is 10.8. The second-order valence-corrected chi connectivity index (χ2v) is 3.67. The highest BCUT2D eigenvalue weighted by Crippen LogP contribution is 2.14. The zero-order chi connectivity index (χ0) is 11.4. The lowest BCUT2D eigenvalue weighted by Crippen LogP contribution is -2.01. The standard InChI is InChI=1S/C11H15N5/c1-16-8-14-11(15-16)9-4-6-13-10(7-9)3-2-5-12/h4,6-8H,2-3,5,12H2,1H3. The smallest absolute Gasteiger partial charge is 0.181 e. The fourth-order valence-electron chi connectivity index (χ4n) is 1.51. The fourth-order valence-corrected chi connectivity index (χ4v) is 1.51. The van der Waals surface area contributed by atoms with E-state index in [1.165, 1.54) is 0 Å². The van der Waals surface area contributed by atoms with Gasteiger partial charge in [0, 0.05) is 24.5 Å². The van der Waals surface area contributed by atoms with Crippen molar-refractivity contribution >= 4 is 0 Å². The molecule has 0 saturated carbocycles. The van der Waals surface area contributed by atoms with Crippen molar-refractivity contribution in [2.45, 2.75) is 12.8 Å². The van der Waals surface area contributed by atoms with E-state index in [-0.39, 0.29) is 0 Å². The summed E-state index contributed by atoms with van der Waals surface area (Å²) in [5, 5.41) is 4.26. The lowest BCUT2D eigenvalue weighted by Gasteiger charge is -2.00. The van der Waals surface area contributed by atoms with Gasteiger partial charge in [-0.25, -0.2) is 4.98 Å². The Labute approximate surface area is 94.3 Å². The SMILES string of the molecule is Cn1cnc(-c2ccnc(CCCN)c2)n1. The van der Waals surface area contributed by atoms with E-state index in [4.69, 9.17) is 5.73 Å². The molecule has 0 amide bonds. The molecule has 0 aromatic carbocycles. The van der Waals surface area contributed by atoms with Gasteiger partial charge in [0.2, 0.25) is 0 Å². The van der Waals surface area contributed by atoms with Crippen LogP contribution in [0.4, 0.5) is 0 Å². The Kier molecular flexibility index (Phi) is 3.26. The molecule has 16 heavy (non-hydrogen) atoms. The van der Waals surface area contributed by atoms with Crippen LogP contribution in [0.3, 0.4) is 0 Å². The molecule has 2 aromatic rings. The van der Waals surface area contributed by atoms with Gasteiger partial charge in [-0.1, -0.05) is 0 Å². The van der Waals surface area contributed by atoms with Gasteiger partial charge in [0.05, 0.1) is 0 Å². The first-order valence-corrected chi connectivity index (χ1v) is 5.30. The van der Waals surface area contributed by atoms with Crippen LogP contribution >= 0.6 is 0 Å². The van der Waals surface area contributed by atoms with Crippen molar-refractivity contribution in [3.63, 3.8) is 0 Å². The van der Waals surface area contributed by atoms with Gasteiger partial charge in [0.15, 0.2) is 5.82 Å². The van der Waals surface area contributed by atoms with Gasteiger partial charge in [-0.3, -0.25) is 9.67 Å². The molecular weight excluding hydrogens is 202 g/mol. The quantitative estimate of drug-likeness (QED) is 0.821. The van der Waals surface area contributed by atoms with Gasteiger partial charge < -0.3 is 5.73 Å². The normalized spacial score (nSPS) is 10.6. The average molecular weight is 217 g/mol. The highest BCUT2D eigenvalue weighted by atomic mass is 15.3. The molecule has 0 radical (unpaired) electrons. The van der Waals surface area contributed by atoms with Crippen LogP contribution in [0, 0.1) is 0 Å². The van der Waals surface area contributed by atoms with Crippen molar-refractivity contribution in [1.29, 1.82) is 0 Å². The Morgan fingerprint density at radius 3 is 2.94 bits per heavy atom. The zero-order valence-corrected chi connectivity index (χ0v) is 9.30. The predicted molar refractivity (Wildman–Crippen MR) is 61.6 cm³/mol. The van der Waals surface area contributed by atoms with Crippen molar-refractivity contribution in [1.82, 2.24) is 19.7 Å². The summed E-state index contributed by atoms with van der Waals surface area (Å²) < 4.78 is 1.69. The Bertz CT molecular complexity index is 463. The van der Waals surface area contributed by atoms with Crippen LogP contribution in [0.15, 0.2) is 24.7 Å². The first-order chi connectivity index (χ1) is 7.79. The number of pyridine rings is 1. The number of hydrogen-bond acceptors (Lipinski definition) is 4. The molecular formula is C11H15N5. The number of nitrogens with two attached hydrogens (primary N) is 1. The third-order valence-corrected chi connectivity index (χ3v) is 2.31. The van der Waals surface area contributed by atoms with Crippen LogP contribution in [-0.2, 0) is 13.5 Å². The summed E-state index contributed by atoms with van der Waals surface area (Å²) in [5.74, 6) is 0.735. The Morgan fingerprint density at radius 1 is 1.38 bits per heavy atom. The molecule has 84 valence electrons. The lowest BCUT2D eigenvalue weighted by atomic mass is 10.1. The minimum Gasteiger partial charge on any atom is -0.330 e. The molecule has 5 heteroatoms. The Hall–Kier alpha value is -1.75. The van der Waals surface area contributed by atoms with Gasteiger partial charge in [0.25, 0.3) is 0 Å². The summed E-state index contributed by atoms with van der Waals surface area (Å²) in [4.78, 5) is 8.50. The first-order valence-electron chi connectivity index (χ1n) is 5.30. The maximum absolute atomic E-state index is 5.47. The van der Waals surface area contributed by atoms with Crippen molar-refractivity contribution < 1.29 is 0 Å². The molecule has 2 N–H and O–H groups in total. The number of aromatic nitrogens is 4.